The highest BCUT2D eigenvalue weighted by molar-refractivity contribution is 14.0. The summed E-state index contributed by atoms with van der Waals surface area (Å²) in [6.07, 6.45) is 0.0620. The molecular formula is C24H35IN4O2. The van der Waals surface area contributed by atoms with Gasteiger partial charge < -0.3 is 24.6 Å². The smallest absolute Gasteiger partial charge is 0.194 e. The zero-order chi connectivity index (χ0) is 21.3. The van der Waals surface area contributed by atoms with E-state index in [1.807, 2.05) is 33.3 Å². The molecule has 0 amide bonds. The van der Waals surface area contributed by atoms with Crippen molar-refractivity contribution in [2.75, 3.05) is 54.0 Å². The van der Waals surface area contributed by atoms with Crippen LogP contribution in [0.4, 0.5) is 0 Å². The number of ether oxygens (including phenoxy) is 2. The van der Waals surface area contributed by atoms with Crippen molar-refractivity contribution in [3.8, 4) is 5.75 Å². The molecule has 1 unspecified atom stereocenters. The van der Waals surface area contributed by atoms with Gasteiger partial charge in [-0.15, -0.1) is 24.0 Å². The third-order valence-corrected chi connectivity index (χ3v) is 5.27. The molecule has 0 saturated carbocycles. The highest BCUT2D eigenvalue weighted by atomic mass is 127. The maximum absolute atomic E-state index is 6.06. The predicted molar refractivity (Wildman–Crippen MR) is 138 cm³/mol. The van der Waals surface area contributed by atoms with Gasteiger partial charge in [0.2, 0.25) is 0 Å². The van der Waals surface area contributed by atoms with Crippen molar-refractivity contribution in [3.05, 3.63) is 65.2 Å². The minimum Gasteiger partial charge on any atom is -0.492 e. The van der Waals surface area contributed by atoms with E-state index < -0.39 is 0 Å². The van der Waals surface area contributed by atoms with Crippen molar-refractivity contribution in [3.63, 3.8) is 0 Å². The molecule has 1 N–H and O–H groups in total. The van der Waals surface area contributed by atoms with Crippen molar-refractivity contribution in [2.45, 2.75) is 19.6 Å². The first-order valence-corrected chi connectivity index (χ1v) is 10.6. The van der Waals surface area contributed by atoms with Gasteiger partial charge in [0.05, 0.1) is 13.2 Å². The fraction of sp³-hybridized carbons (Fsp3) is 0.458. The third kappa shape index (κ3) is 7.66. The van der Waals surface area contributed by atoms with E-state index in [9.17, 15) is 0 Å². The van der Waals surface area contributed by atoms with Gasteiger partial charge >= 0.3 is 0 Å². The number of halogens is 1. The Morgan fingerprint density at radius 3 is 2.77 bits per heavy atom. The number of aryl methyl sites for hydroxylation is 1. The van der Waals surface area contributed by atoms with Gasteiger partial charge in [-0.3, -0.25) is 4.99 Å². The summed E-state index contributed by atoms with van der Waals surface area (Å²) < 4.78 is 11.9. The van der Waals surface area contributed by atoms with E-state index in [-0.39, 0.29) is 30.1 Å². The second-order valence-electron chi connectivity index (χ2n) is 7.86. The topological polar surface area (TPSA) is 49.3 Å². The zero-order valence-corrected chi connectivity index (χ0v) is 21.3. The van der Waals surface area contributed by atoms with E-state index in [4.69, 9.17) is 9.47 Å². The molecule has 0 spiro atoms. The van der Waals surface area contributed by atoms with Crippen LogP contribution >= 0.6 is 24.0 Å². The van der Waals surface area contributed by atoms with Crippen LogP contribution in [0, 0.1) is 6.92 Å². The van der Waals surface area contributed by atoms with E-state index in [1.54, 1.807) is 0 Å². The van der Waals surface area contributed by atoms with Crippen LogP contribution in [0.1, 0.15) is 22.8 Å². The van der Waals surface area contributed by atoms with E-state index >= 15 is 0 Å². The lowest BCUT2D eigenvalue weighted by molar-refractivity contribution is -0.00833. The van der Waals surface area contributed by atoms with Crippen molar-refractivity contribution >= 4 is 29.9 Å². The lowest BCUT2D eigenvalue weighted by Crippen LogP contribution is -2.48. The van der Waals surface area contributed by atoms with Crippen molar-refractivity contribution in [1.82, 2.24) is 15.1 Å². The fourth-order valence-corrected chi connectivity index (χ4v) is 3.58. The first-order chi connectivity index (χ1) is 14.6. The second-order valence-corrected chi connectivity index (χ2v) is 7.86. The quantitative estimate of drug-likeness (QED) is 0.331. The Balaban J connectivity index is 0.00000341. The zero-order valence-electron chi connectivity index (χ0n) is 19.0. The minimum absolute atomic E-state index is 0. The van der Waals surface area contributed by atoms with Crippen LogP contribution < -0.4 is 10.1 Å². The molecule has 1 aliphatic heterocycles. The molecule has 3 rings (SSSR count). The van der Waals surface area contributed by atoms with Gasteiger partial charge in [0.15, 0.2) is 5.96 Å². The molecule has 1 heterocycles. The lowest BCUT2D eigenvalue weighted by atomic mass is 10.0. The number of benzene rings is 2. The minimum atomic E-state index is 0. The molecule has 170 valence electrons. The standard InChI is InChI=1S/C24H34N4O2.HI/c1-19-8-5-6-11-22(19)23-18-28(13-15-30-23)24(25-2)26-17-20-9-7-10-21(16-20)29-14-12-27(3)4;/h5-11,16,23H,12-15,17-18H2,1-4H3,(H,25,26);1H. The lowest BCUT2D eigenvalue weighted by Gasteiger charge is -2.35. The van der Waals surface area contributed by atoms with Gasteiger partial charge in [-0.1, -0.05) is 36.4 Å². The predicted octanol–water partition coefficient (Wildman–Crippen LogP) is 3.70. The number of rotatable bonds is 7. The third-order valence-electron chi connectivity index (χ3n) is 5.27. The highest BCUT2D eigenvalue weighted by Gasteiger charge is 2.25. The van der Waals surface area contributed by atoms with Crippen molar-refractivity contribution in [1.29, 1.82) is 0 Å². The summed E-state index contributed by atoms with van der Waals surface area (Å²) in [5.41, 5.74) is 3.68. The van der Waals surface area contributed by atoms with E-state index in [1.165, 1.54) is 16.7 Å². The Hall–Kier alpha value is -1.84. The van der Waals surface area contributed by atoms with Crippen LogP contribution in [-0.4, -0.2) is 69.8 Å². The number of nitrogens with one attached hydrogen (secondary N) is 1. The van der Waals surface area contributed by atoms with Gasteiger partial charge in [0.1, 0.15) is 18.5 Å². The molecule has 0 aromatic heterocycles. The molecule has 0 radical (unpaired) electrons. The Morgan fingerprint density at radius 2 is 2.03 bits per heavy atom. The van der Waals surface area contributed by atoms with Crippen LogP contribution in [0.25, 0.3) is 0 Å². The largest absolute Gasteiger partial charge is 0.492 e. The van der Waals surface area contributed by atoms with Gasteiger partial charge in [-0.25, -0.2) is 0 Å². The Bertz CT molecular complexity index is 844. The van der Waals surface area contributed by atoms with Gasteiger partial charge in [-0.05, 0) is 49.8 Å². The second kappa shape index (κ2) is 12.9. The van der Waals surface area contributed by atoms with Gasteiger partial charge in [0.25, 0.3) is 0 Å². The number of guanidine groups is 1. The molecule has 2 aromatic rings. The summed E-state index contributed by atoms with van der Waals surface area (Å²) in [4.78, 5) is 8.90. The van der Waals surface area contributed by atoms with Crippen LogP contribution in [0.2, 0.25) is 0 Å². The molecule has 2 aromatic carbocycles. The summed E-state index contributed by atoms with van der Waals surface area (Å²) in [6.45, 7) is 6.72. The molecule has 0 bridgehead atoms. The number of aliphatic imine (C=N–C) groups is 1. The molecule has 0 aliphatic carbocycles. The highest BCUT2D eigenvalue weighted by Crippen LogP contribution is 2.25. The number of hydrogen-bond acceptors (Lipinski definition) is 4. The first-order valence-electron chi connectivity index (χ1n) is 10.6. The van der Waals surface area contributed by atoms with Crippen molar-refractivity contribution < 1.29 is 9.47 Å². The molecule has 1 fully saturated rings. The fourth-order valence-electron chi connectivity index (χ4n) is 3.58. The summed E-state index contributed by atoms with van der Waals surface area (Å²) in [6, 6.07) is 16.7. The molecular weight excluding hydrogens is 503 g/mol. The average Bonchev–Trinajstić information content (AvgIpc) is 2.75. The first kappa shape index (κ1) is 25.4. The average molecular weight is 538 g/mol. The van der Waals surface area contributed by atoms with Crippen LogP contribution in [0.15, 0.2) is 53.5 Å². The number of morpholine rings is 1. The van der Waals surface area contributed by atoms with Crippen LogP contribution in [0.3, 0.4) is 0 Å². The molecule has 31 heavy (non-hydrogen) atoms. The van der Waals surface area contributed by atoms with E-state index in [0.717, 1.165) is 31.3 Å². The molecule has 1 atom stereocenters. The summed E-state index contributed by atoms with van der Waals surface area (Å²) >= 11 is 0. The summed E-state index contributed by atoms with van der Waals surface area (Å²) in [5, 5.41) is 3.50. The normalized spacial score (nSPS) is 16.7. The number of likely N-dealkylation sites (N-methyl/N-ethyl adjacent to an activating group) is 1. The van der Waals surface area contributed by atoms with Crippen molar-refractivity contribution in [2.24, 2.45) is 4.99 Å². The Morgan fingerprint density at radius 1 is 1.23 bits per heavy atom. The molecule has 6 nitrogen and oxygen atoms in total. The van der Waals surface area contributed by atoms with Gasteiger partial charge in [-0.2, -0.15) is 0 Å². The Labute approximate surface area is 203 Å². The molecule has 7 heteroatoms. The van der Waals surface area contributed by atoms with Gasteiger partial charge in [0, 0.05) is 26.7 Å². The maximum atomic E-state index is 6.06. The Kier molecular flexibility index (Phi) is 10.6. The van der Waals surface area contributed by atoms with E-state index in [2.05, 4.69) is 63.4 Å². The summed E-state index contributed by atoms with van der Waals surface area (Å²) in [7, 11) is 5.93. The molecule has 1 aliphatic rings. The van der Waals surface area contributed by atoms with Crippen LogP contribution in [-0.2, 0) is 11.3 Å². The number of hydrogen-bond donors (Lipinski definition) is 1. The monoisotopic (exact) mass is 538 g/mol. The number of nitrogens with zero attached hydrogens (tertiary/aromatic N) is 3. The SMILES string of the molecule is CN=C(NCc1cccc(OCCN(C)C)c1)N1CCOC(c2ccccc2C)C1.I. The van der Waals surface area contributed by atoms with Crippen LogP contribution in [0.5, 0.6) is 5.75 Å². The molecule has 1 saturated heterocycles. The summed E-state index contributed by atoms with van der Waals surface area (Å²) in [5.74, 6) is 1.80. The maximum Gasteiger partial charge on any atom is 0.194 e. The van der Waals surface area contributed by atoms with E-state index in [0.29, 0.717) is 19.8 Å².